The maximum atomic E-state index is 10.4. The van der Waals surface area contributed by atoms with Crippen LogP contribution in [0.1, 0.15) is 5.56 Å². The van der Waals surface area contributed by atoms with Crippen LogP contribution in [-0.2, 0) is 4.57 Å². The van der Waals surface area contributed by atoms with Crippen molar-refractivity contribution in [2.45, 2.75) is 6.92 Å². The number of rotatable bonds is 1. The molecule has 0 atom stereocenters. The zero-order chi connectivity index (χ0) is 8.48. The molecule has 0 unspecified atom stereocenters. The molecule has 60 valence electrons. The summed E-state index contributed by atoms with van der Waals surface area (Å²) in [4.78, 5) is 20.8. The molecule has 0 aliphatic heterocycles. The maximum Gasteiger partial charge on any atom is 2.00 e. The largest absolute Gasteiger partial charge is 2.00 e. The molecule has 0 bridgehead atoms. The van der Waals surface area contributed by atoms with E-state index in [1.54, 1.807) is 12.1 Å². The van der Waals surface area contributed by atoms with Gasteiger partial charge in [-0.05, 0) is 19.8 Å². The van der Waals surface area contributed by atoms with Gasteiger partial charge in [0.1, 0.15) is 0 Å². The first kappa shape index (κ1) is 12.6. The smallest absolute Gasteiger partial charge is 0.807 e. The average molecular weight is 210 g/mol. The predicted molar refractivity (Wildman–Crippen MR) is 44.2 cm³/mol. The summed E-state index contributed by atoms with van der Waals surface area (Å²) in [7, 11) is -4.54. The molecule has 0 aliphatic rings. The number of hydrogen-bond acceptors (Lipinski definition) is 3. The van der Waals surface area contributed by atoms with Crippen LogP contribution in [-0.4, -0.2) is 37.7 Å². The summed E-state index contributed by atoms with van der Waals surface area (Å²) >= 11 is 0. The molecule has 1 aromatic rings. The summed E-state index contributed by atoms with van der Waals surface area (Å²) in [5.41, 5.74) is 0.933. The van der Waals surface area contributed by atoms with E-state index in [4.69, 9.17) is 0 Å². The third kappa shape index (κ3) is 3.56. The van der Waals surface area contributed by atoms with Crippen molar-refractivity contribution in [1.29, 1.82) is 0 Å². The molecule has 5 heteroatoms. The van der Waals surface area contributed by atoms with Crippen molar-refractivity contribution >= 4 is 50.6 Å². The Bertz CT molecular complexity index is 290. The molecule has 0 radical (unpaired) electrons. The maximum absolute atomic E-state index is 10.4. The van der Waals surface area contributed by atoms with Gasteiger partial charge in [0.15, 0.2) is 0 Å². The molecule has 1 aromatic carbocycles. The standard InChI is InChI=1S/C7H9O3P.Ca/c1-6-2-4-7(5-3-6)11(8,9)10;/h2-5H,1H3,(H2,8,9,10);/q;+2/p-2. The van der Waals surface area contributed by atoms with Gasteiger partial charge in [-0.15, -0.1) is 0 Å². The second kappa shape index (κ2) is 4.75. The van der Waals surface area contributed by atoms with E-state index in [0.29, 0.717) is 0 Å². The minimum absolute atomic E-state index is 0. The Labute approximate surface area is 101 Å². The third-order valence-electron chi connectivity index (χ3n) is 1.35. The second-order valence-corrected chi connectivity index (χ2v) is 3.84. The van der Waals surface area contributed by atoms with Crippen LogP contribution in [0.3, 0.4) is 0 Å². The zero-order valence-electron chi connectivity index (χ0n) is 6.69. The molecule has 0 saturated carbocycles. The summed E-state index contributed by atoms with van der Waals surface area (Å²) in [6, 6.07) is 5.82. The van der Waals surface area contributed by atoms with E-state index in [9.17, 15) is 14.4 Å². The van der Waals surface area contributed by atoms with Gasteiger partial charge in [0, 0.05) is 0 Å². The van der Waals surface area contributed by atoms with Gasteiger partial charge < -0.3 is 14.4 Å². The van der Waals surface area contributed by atoms with E-state index >= 15 is 0 Å². The van der Waals surface area contributed by atoms with E-state index in [0.717, 1.165) is 5.56 Å². The number of hydrogen-bond donors (Lipinski definition) is 0. The third-order valence-corrected chi connectivity index (χ3v) is 2.28. The van der Waals surface area contributed by atoms with Crippen molar-refractivity contribution in [3.8, 4) is 0 Å². The molecule has 0 saturated heterocycles. The number of benzene rings is 1. The average Bonchev–Trinajstić information content (AvgIpc) is 1.86. The van der Waals surface area contributed by atoms with Gasteiger partial charge >= 0.3 is 37.7 Å². The fraction of sp³-hybridized carbons (Fsp3) is 0.143. The van der Waals surface area contributed by atoms with Gasteiger partial charge in [-0.3, -0.25) is 0 Å². The summed E-state index contributed by atoms with van der Waals surface area (Å²) < 4.78 is 10.4. The number of aryl methyl sites for hydroxylation is 1. The van der Waals surface area contributed by atoms with Crippen molar-refractivity contribution < 1.29 is 14.4 Å². The van der Waals surface area contributed by atoms with E-state index < -0.39 is 7.60 Å². The van der Waals surface area contributed by atoms with Gasteiger partial charge in [0.2, 0.25) is 0 Å². The quantitative estimate of drug-likeness (QED) is 0.448. The molecule has 0 spiro atoms. The SMILES string of the molecule is Cc1ccc(P(=O)([O-])[O-])cc1.[Ca+2]. The van der Waals surface area contributed by atoms with Gasteiger partial charge in [0.25, 0.3) is 0 Å². The van der Waals surface area contributed by atoms with Crippen molar-refractivity contribution in [3.05, 3.63) is 29.8 Å². The molecular weight excluding hydrogens is 203 g/mol. The van der Waals surface area contributed by atoms with Crippen LogP contribution >= 0.6 is 7.60 Å². The molecule has 0 heterocycles. The molecule has 3 nitrogen and oxygen atoms in total. The fourth-order valence-electron chi connectivity index (χ4n) is 0.727. The van der Waals surface area contributed by atoms with E-state index in [1.807, 2.05) is 6.92 Å². The van der Waals surface area contributed by atoms with Gasteiger partial charge in [-0.1, -0.05) is 29.8 Å². The normalized spacial score (nSPS) is 10.6. The molecule has 12 heavy (non-hydrogen) atoms. The second-order valence-electron chi connectivity index (χ2n) is 2.33. The molecule has 0 aromatic heterocycles. The van der Waals surface area contributed by atoms with Crippen LogP contribution in [0.25, 0.3) is 0 Å². The summed E-state index contributed by atoms with van der Waals surface area (Å²) in [6.45, 7) is 1.82. The Morgan fingerprint density at radius 3 is 1.92 bits per heavy atom. The topological polar surface area (TPSA) is 63.2 Å². The van der Waals surface area contributed by atoms with Crippen molar-refractivity contribution in [2.24, 2.45) is 0 Å². The Morgan fingerprint density at radius 2 is 1.58 bits per heavy atom. The van der Waals surface area contributed by atoms with E-state index in [2.05, 4.69) is 0 Å². The monoisotopic (exact) mass is 210 g/mol. The Hall–Kier alpha value is 0.630. The Morgan fingerprint density at radius 1 is 1.17 bits per heavy atom. The Balaban J connectivity index is 0.00000121. The van der Waals surface area contributed by atoms with Gasteiger partial charge in [-0.25, -0.2) is 0 Å². The first-order valence-electron chi connectivity index (χ1n) is 3.09. The van der Waals surface area contributed by atoms with Crippen molar-refractivity contribution in [1.82, 2.24) is 0 Å². The molecule has 1 rings (SSSR count). The summed E-state index contributed by atoms with van der Waals surface area (Å²) in [5, 5.41) is -0.150. The molecule has 0 N–H and O–H groups in total. The first-order chi connectivity index (χ1) is 5.00. The van der Waals surface area contributed by atoms with Crippen molar-refractivity contribution in [3.63, 3.8) is 0 Å². The zero-order valence-corrected chi connectivity index (χ0v) is 9.79. The molecule has 0 aliphatic carbocycles. The van der Waals surface area contributed by atoms with Crippen LogP contribution in [0.2, 0.25) is 0 Å². The van der Waals surface area contributed by atoms with Crippen LogP contribution in [0.5, 0.6) is 0 Å². The Kier molecular flexibility index (Phi) is 5.00. The molecule has 0 amide bonds. The van der Waals surface area contributed by atoms with E-state index in [1.165, 1.54) is 12.1 Å². The fourth-order valence-corrected chi connectivity index (χ4v) is 1.24. The van der Waals surface area contributed by atoms with Crippen LogP contribution in [0.15, 0.2) is 24.3 Å². The molecule has 0 fully saturated rings. The summed E-state index contributed by atoms with van der Waals surface area (Å²) in [5.74, 6) is 0. The first-order valence-corrected chi connectivity index (χ1v) is 4.64. The van der Waals surface area contributed by atoms with E-state index in [-0.39, 0.29) is 43.0 Å². The van der Waals surface area contributed by atoms with Gasteiger partial charge in [-0.2, -0.15) is 0 Å². The van der Waals surface area contributed by atoms with Crippen molar-refractivity contribution in [2.75, 3.05) is 0 Å². The van der Waals surface area contributed by atoms with Crippen LogP contribution in [0.4, 0.5) is 0 Å². The van der Waals surface area contributed by atoms with Gasteiger partial charge in [0.05, 0.1) is 0 Å². The minimum atomic E-state index is -4.54. The summed E-state index contributed by atoms with van der Waals surface area (Å²) in [6.07, 6.45) is 0. The predicted octanol–water partition coefficient (Wildman–Crippen LogP) is -0.847. The van der Waals surface area contributed by atoms with Crippen LogP contribution < -0.4 is 15.1 Å². The minimum Gasteiger partial charge on any atom is -0.807 e. The van der Waals surface area contributed by atoms with Crippen LogP contribution in [0, 0.1) is 6.92 Å². The molecular formula is C7H7CaO3P.